The molecule has 308 valence electrons. The highest BCUT2D eigenvalue weighted by molar-refractivity contribution is 5.94. The Bertz CT molecular complexity index is 2310. The lowest BCUT2D eigenvalue weighted by Gasteiger charge is -2.22. The highest BCUT2D eigenvalue weighted by atomic mass is 19.4. The van der Waals surface area contributed by atoms with E-state index in [0.29, 0.717) is 66.7 Å². The van der Waals surface area contributed by atoms with Gasteiger partial charge < -0.3 is 40.1 Å². The van der Waals surface area contributed by atoms with Crippen LogP contribution in [-0.4, -0.2) is 101 Å². The number of aliphatic hydroxyl groups excluding tert-OH is 2. The maximum Gasteiger partial charge on any atom is 0.490 e. The number of nitrogens with zero attached hydrogens (tertiary/aromatic N) is 7. The fourth-order valence-electron chi connectivity index (χ4n) is 6.94. The number of fused-ring (bicyclic) bond motifs is 1. The van der Waals surface area contributed by atoms with Gasteiger partial charge in [0.15, 0.2) is 29.0 Å². The lowest BCUT2D eigenvalue weighted by atomic mass is 9.91. The summed E-state index contributed by atoms with van der Waals surface area (Å²) in [6, 6.07) is 25.5. The van der Waals surface area contributed by atoms with Crippen LogP contribution in [0.2, 0.25) is 0 Å². The van der Waals surface area contributed by atoms with E-state index in [1.165, 1.54) is 0 Å². The quantitative estimate of drug-likeness (QED) is 0.121. The van der Waals surface area contributed by atoms with Crippen LogP contribution >= 0.6 is 0 Å². The van der Waals surface area contributed by atoms with E-state index in [1.807, 2.05) is 48.2 Å². The van der Waals surface area contributed by atoms with E-state index in [1.54, 1.807) is 41.5 Å². The Labute approximate surface area is 334 Å². The molecule has 4 aromatic heterocycles. The van der Waals surface area contributed by atoms with Gasteiger partial charge >= 0.3 is 12.1 Å². The Hall–Kier alpha value is -6.44. The summed E-state index contributed by atoms with van der Waals surface area (Å²) in [6.45, 7) is 3.55. The monoisotopic (exact) mass is 815 g/mol. The third-order valence-electron chi connectivity index (χ3n) is 10.0. The van der Waals surface area contributed by atoms with Gasteiger partial charge in [-0.05, 0) is 36.1 Å². The number of benzene rings is 2. The molecule has 0 aliphatic carbocycles. The van der Waals surface area contributed by atoms with E-state index in [0.717, 1.165) is 16.8 Å². The number of carboxylic acid groups (broad SMARTS) is 1. The molecule has 16 nitrogen and oxygen atoms in total. The topological polar surface area (TPSA) is 214 Å². The van der Waals surface area contributed by atoms with Crippen molar-refractivity contribution >= 4 is 34.8 Å². The van der Waals surface area contributed by atoms with Crippen molar-refractivity contribution in [3.8, 4) is 0 Å². The first-order valence-corrected chi connectivity index (χ1v) is 18.7. The molecule has 0 unspecified atom stereocenters. The zero-order valence-corrected chi connectivity index (χ0v) is 31.5. The normalized spacial score (nSPS) is 20.4. The number of aromatic nitrogens is 6. The maximum absolute atomic E-state index is 12.9. The fraction of sp³-hybridized carbons (Fsp3) is 0.325. The second-order valence-electron chi connectivity index (χ2n) is 13.9. The van der Waals surface area contributed by atoms with Gasteiger partial charge in [-0.3, -0.25) is 14.3 Å². The molecule has 19 heteroatoms. The van der Waals surface area contributed by atoms with Crippen LogP contribution < -0.4 is 15.5 Å². The molecule has 0 radical (unpaired) electrons. The van der Waals surface area contributed by atoms with Crippen LogP contribution in [0.5, 0.6) is 0 Å². The molecule has 2 aliphatic rings. The summed E-state index contributed by atoms with van der Waals surface area (Å²) in [7, 11) is 0. The minimum absolute atomic E-state index is 0.00308. The van der Waals surface area contributed by atoms with Gasteiger partial charge in [0.1, 0.15) is 18.3 Å². The standard InChI is InChI=1S/C38H39N9O5.C2HF3O2/c1-2-26-19-29(52-45-26)33-31(48)32(49)37(51-33)47-22-41-30-34(40-20-28(23-9-5-3-6-10-23)24-11-7-4-8-12-24)43-38(44-35(30)47)46-18-15-27(21-46)42-36(50)25-13-16-39-17-14-25;3-2(4,5)1(6)7/h3-14,16-17,19,22,27-28,31-33,37,48-49H,2,15,18,20-21H2,1H3,(H,42,50)(H,40,43,44);(H,6,7)/t27-,31+,32-,33-,37-;/m1./s1. The Morgan fingerprint density at radius 2 is 1.63 bits per heavy atom. The number of anilines is 2. The molecule has 2 fully saturated rings. The number of aliphatic hydroxyl groups is 2. The zero-order chi connectivity index (χ0) is 41.7. The molecule has 0 bridgehead atoms. The SMILES string of the molecule is CCc1cc([C@H]2O[C@@H](n3cnc4c(NCC(c5ccccc5)c5ccccc5)nc(N5CC[C@@H](NC(=O)c6ccncc6)C5)nc43)[C@H](O)[C@@H]2O)on1.O=C(O)C(F)(F)F. The third kappa shape index (κ3) is 9.16. The average Bonchev–Trinajstić information content (AvgIpc) is 4.06. The second-order valence-corrected chi connectivity index (χ2v) is 13.9. The largest absolute Gasteiger partial charge is 0.490 e. The molecule has 6 heterocycles. The van der Waals surface area contributed by atoms with E-state index in [-0.39, 0.29) is 17.9 Å². The van der Waals surface area contributed by atoms with Crippen molar-refractivity contribution in [2.45, 2.75) is 62.4 Å². The first-order chi connectivity index (χ1) is 28.4. The first-order valence-electron chi connectivity index (χ1n) is 18.7. The number of rotatable bonds is 11. The zero-order valence-electron chi connectivity index (χ0n) is 31.5. The molecule has 0 spiro atoms. The van der Waals surface area contributed by atoms with Crippen LogP contribution in [0.1, 0.15) is 64.5 Å². The molecule has 1 amide bonds. The summed E-state index contributed by atoms with van der Waals surface area (Å²) in [6.07, 6.45) is -3.56. The Kier molecular flexibility index (Phi) is 12.1. The molecule has 5 N–H and O–H groups in total. The summed E-state index contributed by atoms with van der Waals surface area (Å²) >= 11 is 0. The lowest BCUT2D eigenvalue weighted by molar-refractivity contribution is -0.192. The Balaban J connectivity index is 0.000000694. The number of carbonyl (C=O) groups excluding carboxylic acids is 1. The molecule has 2 aromatic carbocycles. The predicted octanol–water partition coefficient (Wildman–Crippen LogP) is 4.65. The molecular formula is C40H40F3N9O7. The number of imidazole rings is 1. The van der Waals surface area contributed by atoms with Gasteiger partial charge in [-0.2, -0.15) is 23.1 Å². The summed E-state index contributed by atoms with van der Waals surface area (Å²) in [5.74, 6) is -1.65. The van der Waals surface area contributed by atoms with Crippen molar-refractivity contribution in [2.24, 2.45) is 0 Å². The van der Waals surface area contributed by atoms with Gasteiger partial charge in [-0.25, -0.2) is 9.78 Å². The van der Waals surface area contributed by atoms with Crippen molar-refractivity contribution < 1.29 is 47.3 Å². The molecule has 59 heavy (non-hydrogen) atoms. The van der Waals surface area contributed by atoms with Crippen LogP contribution in [0.25, 0.3) is 11.2 Å². The number of carboxylic acids is 1. The number of carbonyl (C=O) groups is 2. The number of pyridine rings is 1. The van der Waals surface area contributed by atoms with E-state index in [4.69, 9.17) is 34.1 Å². The number of halogens is 3. The van der Waals surface area contributed by atoms with Crippen molar-refractivity contribution in [2.75, 3.05) is 29.9 Å². The van der Waals surface area contributed by atoms with Gasteiger partial charge in [0, 0.05) is 55.6 Å². The molecule has 6 aromatic rings. The molecule has 2 aliphatic heterocycles. The van der Waals surface area contributed by atoms with Gasteiger partial charge in [-0.1, -0.05) is 72.7 Å². The van der Waals surface area contributed by atoms with E-state index in [2.05, 4.69) is 45.0 Å². The first kappa shape index (κ1) is 40.7. The number of nitrogens with one attached hydrogen (secondary N) is 2. The number of hydrogen-bond donors (Lipinski definition) is 5. The summed E-state index contributed by atoms with van der Waals surface area (Å²) in [5.41, 5.74) is 4.44. The molecule has 8 rings (SSSR count). The fourth-order valence-corrected chi connectivity index (χ4v) is 6.94. The highest BCUT2D eigenvalue weighted by Gasteiger charge is 2.47. The Morgan fingerprint density at radius 3 is 2.24 bits per heavy atom. The van der Waals surface area contributed by atoms with Gasteiger partial charge in [0.2, 0.25) is 5.95 Å². The number of ether oxygens (including phenoxy) is 1. The number of alkyl halides is 3. The van der Waals surface area contributed by atoms with Gasteiger partial charge in [0.05, 0.1) is 12.0 Å². The summed E-state index contributed by atoms with van der Waals surface area (Å²) in [4.78, 5) is 42.5. The van der Waals surface area contributed by atoms with Crippen LogP contribution in [0.3, 0.4) is 0 Å². The van der Waals surface area contributed by atoms with Crippen molar-refractivity contribution in [1.29, 1.82) is 0 Å². The number of amides is 1. The van der Waals surface area contributed by atoms with Crippen LogP contribution in [0.15, 0.2) is 102 Å². The van der Waals surface area contributed by atoms with E-state index >= 15 is 0 Å². The lowest BCUT2D eigenvalue weighted by Crippen LogP contribution is -2.37. The summed E-state index contributed by atoms with van der Waals surface area (Å²) in [5, 5.41) is 40.2. The van der Waals surface area contributed by atoms with Crippen LogP contribution in [0.4, 0.5) is 24.9 Å². The number of aryl methyl sites for hydroxylation is 1. The highest BCUT2D eigenvalue weighted by Crippen LogP contribution is 2.41. The van der Waals surface area contributed by atoms with Crippen LogP contribution in [-0.2, 0) is 16.0 Å². The van der Waals surface area contributed by atoms with E-state index < -0.39 is 36.7 Å². The van der Waals surface area contributed by atoms with Crippen molar-refractivity contribution in [1.82, 2.24) is 35.0 Å². The van der Waals surface area contributed by atoms with E-state index in [9.17, 15) is 28.2 Å². The second kappa shape index (κ2) is 17.6. The van der Waals surface area contributed by atoms with Crippen LogP contribution in [0, 0.1) is 0 Å². The maximum atomic E-state index is 12.9. The summed E-state index contributed by atoms with van der Waals surface area (Å²) < 4.78 is 45.1. The smallest absolute Gasteiger partial charge is 0.475 e. The average molecular weight is 816 g/mol. The van der Waals surface area contributed by atoms with Crippen molar-refractivity contribution in [3.05, 3.63) is 126 Å². The molecular weight excluding hydrogens is 775 g/mol. The third-order valence-corrected chi connectivity index (χ3v) is 10.0. The molecule has 5 atom stereocenters. The Morgan fingerprint density at radius 1 is 0.966 bits per heavy atom. The van der Waals surface area contributed by atoms with Gasteiger partial charge in [0.25, 0.3) is 5.91 Å². The van der Waals surface area contributed by atoms with Gasteiger partial charge in [-0.15, -0.1) is 0 Å². The minimum Gasteiger partial charge on any atom is -0.475 e. The minimum atomic E-state index is -5.08. The number of hydrogen-bond acceptors (Lipinski definition) is 13. The van der Waals surface area contributed by atoms with Crippen molar-refractivity contribution in [3.63, 3.8) is 0 Å². The predicted molar refractivity (Wildman–Crippen MR) is 205 cm³/mol. The molecule has 0 saturated carbocycles. The number of aliphatic carboxylic acids is 1. The molecule has 2 saturated heterocycles.